The molecule has 0 spiro atoms. The Morgan fingerprint density at radius 1 is 1.09 bits per heavy atom. The van der Waals surface area contributed by atoms with Crippen LogP contribution in [-0.4, -0.2) is 43.5 Å². The smallest absolute Gasteiger partial charge is 0.273 e. The van der Waals surface area contributed by atoms with Gasteiger partial charge in [0, 0.05) is 50.2 Å². The second-order valence-corrected chi connectivity index (χ2v) is 8.30. The molecular weight excluding hydrogens is 442 g/mol. The molecule has 4 heterocycles. The maximum atomic E-state index is 12.3. The third-order valence-corrected chi connectivity index (χ3v) is 5.79. The van der Waals surface area contributed by atoms with Crippen LogP contribution in [-0.2, 0) is 19.4 Å². The second-order valence-electron chi connectivity index (χ2n) is 8.30. The normalized spacial score (nSPS) is 11.2. The molecule has 0 radical (unpaired) electrons. The predicted octanol–water partition coefficient (Wildman–Crippen LogP) is 3.35. The monoisotopic (exact) mass is 469 g/mol. The van der Waals surface area contributed by atoms with Gasteiger partial charge < -0.3 is 24.6 Å². The van der Waals surface area contributed by atoms with Crippen LogP contribution in [0.3, 0.4) is 0 Å². The third kappa shape index (κ3) is 5.47. The first kappa shape index (κ1) is 22.5. The molecule has 5 aromatic rings. The first-order chi connectivity index (χ1) is 17.2. The van der Waals surface area contributed by atoms with Crippen LogP contribution in [0.4, 0.5) is 0 Å². The van der Waals surface area contributed by atoms with Gasteiger partial charge >= 0.3 is 0 Å². The second kappa shape index (κ2) is 10.4. The number of hydrogen-bond acceptors (Lipinski definition) is 6. The Labute approximate surface area is 202 Å². The largest absolute Gasteiger partial charge is 0.448 e. The minimum atomic E-state index is -0.275. The van der Waals surface area contributed by atoms with Gasteiger partial charge in [0.1, 0.15) is 12.1 Å². The number of pyridine rings is 1. The number of hydrogen-bond donors (Lipinski definition) is 3. The summed E-state index contributed by atoms with van der Waals surface area (Å²) in [6.07, 6.45) is 8.51. The van der Waals surface area contributed by atoms with Gasteiger partial charge in [-0.15, -0.1) is 0 Å². The lowest BCUT2D eigenvalue weighted by atomic mass is 10.2. The zero-order chi connectivity index (χ0) is 24.0. The molecule has 0 fully saturated rings. The predicted molar refractivity (Wildman–Crippen MR) is 132 cm³/mol. The molecule has 9 nitrogen and oxygen atoms in total. The molecule has 178 valence electrons. The van der Waals surface area contributed by atoms with Gasteiger partial charge in [-0.25, -0.2) is 9.97 Å². The van der Waals surface area contributed by atoms with Crippen molar-refractivity contribution in [2.45, 2.75) is 26.3 Å². The number of aryl methyl sites for hydroxylation is 1. The Morgan fingerprint density at radius 3 is 2.80 bits per heavy atom. The molecule has 0 bridgehead atoms. The van der Waals surface area contributed by atoms with Gasteiger partial charge in [-0.05, 0) is 48.9 Å². The van der Waals surface area contributed by atoms with E-state index in [1.165, 1.54) is 6.26 Å². The Hall–Kier alpha value is -4.24. The minimum Gasteiger partial charge on any atom is -0.448 e. The van der Waals surface area contributed by atoms with Crippen molar-refractivity contribution in [3.05, 3.63) is 96.0 Å². The molecular formula is C26H27N7O2. The fraction of sp³-hybridized carbons (Fsp3) is 0.231. The molecule has 4 aromatic heterocycles. The van der Waals surface area contributed by atoms with Crippen molar-refractivity contribution in [2.75, 3.05) is 13.1 Å². The van der Waals surface area contributed by atoms with Crippen molar-refractivity contribution in [1.29, 1.82) is 0 Å². The number of amides is 1. The van der Waals surface area contributed by atoms with E-state index in [1.807, 2.05) is 43.6 Å². The fourth-order valence-electron chi connectivity index (χ4n) is 3.85. The number of nitrogens with zero attached hydrogens (tertiary/aromatic N) is 4. The average molecular weight is 470 g/mol. The highest BCUT2D eigenvalue weighted by Gasteiger charge is 2.13. The molecule has 1 amide bonds. The summed E-state index contributed by atoms with van der Waals surface area (Å²) >= 11 is 0. The van der Waals surface area contributed by atoms with E-state index in [2.05, 4.69) is 48.4 Å². The summed E-state index contributed by atoms with van der Waals surface area (Å²) in [5.41, 5.74) is 5.21. The van der Waals surface area contributed by atoms with Gasteiger partial charge in [0.15, 0.2) is 11.6 Å². The summed E-state index contributed by atoms with van der Waals surface area (Å²) in [6, 6.07) is 14.1. The molecule has 0 saturated heterocycles. The van der Waals surface area contributed by atoms with Crippen LogP contribution in [0.15, 0.2) is 71.7 Å². The highest BCUT2D eigenvalue weighted by atomic mass is 16.3. The molecule has 0 atom stereocenters. The van der Waals surface area contributed by atoms with E-state index in [-0.39, 0.29) is 11.6 Å². The number of carbonyl (C=O) groups is 1. The SMILES string of the molecule is Cc1cccnc1CNC(=O)c1coc(CCNCCc2nc3cc(-n4cccc4)ccc3[nH]2)n1. The van der Waals surface area contributed by atoms with E-state index >= 15 is 0 Å². The number of aromatic amines is 1. The van der Waals surface area contributed by atoms with E-state index in [4.69, 9.17) is 9.40 Å². The van der Waals surface area contributed by atoms with Crippen LogP contribution in [0, 0.1) is 6.92 Å². The maximum Gasteiger partial charge on any atom is 0.273 e. The number of fused-ring (bicyclic) bond motifs is 1. The van der Waals surface area contributed by atoms with E-state index in [0.717, 1.165) is 46.8 Å². The molecule has 0 unspecified atom stereocenters. The minimum absolute atomic E-state index is 0.273. The molecule has 0 aliphatic heterocycles. The summed E-state index contributed by atoms with van der Waals surface area (Å²) < 4.78 is 7.52. The highest BCUT2D eigenvalue weighted by molar-refractivity contribution is 5.91. The Bertz CT molecular complexity index is 1420. The fourth-order valence-corrected chi connectivity index (χ4v) is 3.85. The first-order valence-corrected chi connectivity index (χ1v) is 11.6. The van der Waals surface area contributed by atoms with Gasteiger partial charge in [-0.1, -0.05) is 6.07 Å². The summed E-state index contributed by atoms with van der Waals surface area (Å²) in [4.78, 5) is 29.0. The van der Waals surface area contributed by atoms with Crippen molar-refractivity contribution in [3.8, 4) is 5.69 Å². The van der Waals surface area contributed by atoms with Crippen LogP contribution in [0.25, 0.3) is 16.7 Å². The standard InChI is InChI=1S/C26H27N7O2/c1-18-5-4-10-28-22(18)16-29-26(34)23-17-35-25(32-23)9-12-27-11-8-24-30-20-7-6-19(15-21(20)31-24)33-13-2-3-14-33/h2-7,10,13-15,17,27H,8-9,11-12,16H2,1H3,(H,29,34)(H,30,31). The summed E-state index contributed by atoms with van der Waals surface area (Å²) in [5.74, 6) is 1.19. The number of carbonyl (C=O) groups excluding carboxylic acids is 1. The van der Waals surface area contributed by atoms with E-state index in [0.29, 0.717) is 25.4 Å². The molecule has 9 heteroatoms. The Kier molecular flexibility index (Phi) is 6.67. The number of benzene rings is 1. The van der Waals surface area contributed by atoms with Crippen molar-refractivity contribution in [3.63, 3.8) is 0 Å². The Balaban J connectivity index is 1.06. The van der Waals surface area contributed by atoms with Crippen molar-refractivity contribution in [2.24, 2.45) is 0 Å². The highest BCUT2D eigenvalue weighted by Crippen LogP contribution is 2.17. The molecule has 5 rings (SSSR count). The lowest BCUT2D eigenvalue weighted by molar-refractivity contribution is 0.0945. The number of H-pyrrole nitrogens is 1. The topological polar surface area (TPSA) is 114 Å². The van der Waals surface area contributed by atoms with Crippen molar-refractivity contribution < 1.29 is 9.21 Å². The van der Waals surface area contributed by atoms with Gasteiger partial charge in [-0.3, -0.25) is 9.78 Å². The van der Waals surface area contributed by atoms with E-state index < -0.39 is 0 Å². The maximum absolute atomic E-state index is 12.3. The van der Waals surface area contributed by atoms with E-state index in [1.54, 1.807) is 6.20 Å². The number of imidazole rings is 1. The Morgan fingerprint density at radius 2 is 1.94 bits per heavy atom. The number of rotatable bonds is 10. The van der Waals surface area contributed by atoms with Crippen LogP contribution in [0.1, 0.15) is 33.5 Å². The van der Waals surface area contributed by atoms with Gasteiger partial charge in [0.25, 0.3) is 5.91 Å². The van der Waals surface area contributed by atoms with Crippen LogP contribution >= 0.6 is 0 Å². The third-order valence-electron chi connectivity index (χ3n) is 5.79. The summed E-state index contributed by atoms with van der Waals surface area (Å²) in [7, 11) is 0. The van der Waals surface area contributed by atoms with Crippen LogP contribution in [0.2, 0.25) is 0 Å². The zero-order valence-corrected chi connectivity index (χ0v) is 19.5. The lowest BCUT2D eigenvalue weighted by Crippen LogP contribution is -2.24. The van der Waals surface area contributed by atoms with Crippen molar-refractivity contribution in [1.82, 2.24) is 35.1 Å². The molecule has 0 aliphatic carbocycles. The molecule has 1 aromatic carbocycles. The quantitative estimate of drug-likeness (QED) is 0.270. The summed E-state index contributed by atoms with van der Waals surface area (Å²) in [6.45, 7) is 3.77. The number of aromatic nitrogens is 5. The average Bonchev–Trinajstić information content (AvgIpc) is 3.63. The molecule has 3 N–H and O–H groups in total. The van der Waals surface area contributed by atoms with Crippen molar-refractivity contribution >= 4 is 16.9 Å². The van der Waals surface area contributed by atoms with Gasteiger partial charge in [0.05, 0.1) is 23.3 Å². The van der Waals surface area contributed by atoms with Gasteiger partial charge in [-0.2, -0.15) is 0 Å². The lowest BCUT2D eigenvalue weighted by Gasteiger charge is -2.05. The van der Waals surface area contributed by atoms with Gasteiger partial charge in [0.2, 0.25) is 0 Å². The molecule has 35 heavy (non-hydrogen) atoms. The van der Waals surface area contributed by atoms with Crippen LogP contribution in [0.5, 0.6) is 0 Å². The molecule has 0 saturated carbocycles. The molecule has 0 aliphatic rings. The zero-order valence-electron chi connectivity index (χ0n) is 19.5. The number of oxazole rings is 1. The van der Waals surface area contributed by atoms with E-state index in [9.17, 15) is 4.79 Å². The first-order valence-electron chi connectivity index (χ1n) is 11.6. The summed E-state index contributed by atoms with van der Waals surface area (Å²) in [5, 5.41) is 6.21. The number of nitrogens with one attached hydrogen (secondary N) is 3. The van der Waals surface area contributed by atoms with Crippen LogP contribution < -0.4 is 10.6 Å².